The van der Waals surface area contributed by atoms with Crippen molar-refractivity contribution in [3.8, 4) is 0 Å². The third-order valence-corrected chi connectivity index (χ3v) is 4.87. The Labute approximate surface area is 144 Å². The number of H-pyrrole nitrogens is 1. The highest BCUT2D eigenvalue weighted by atomic mass is 35.5. The molecule has 0 saturated carbocycles. The van der Waals surface area contributed by atoms with Gasteiger partial charge < -0.3 is 4.90 Å². The number of fused-ring (bicyclic) bond motifs is 1. The van der Waals surface area contributed by atoms with Crippen LogP contribution in [-0.4, -0.2) is 32.5 Å². The molecule has 6 heteroatoms. The van der Waals surface area contributed by atoms with E-state index >= 15 is 0 Å². The molecular weight excluding hydrogens is 324 g/mol. The number of pyridine rings is 1. The summed E-state index contributed by atoms with van der Waals surface area (Å²) in [5.41, 5.74) is 3.30. The molecular formula is C18H17ClN4O. The summed E-state index contributed by atoms with van der Waals surface area (Å²) in [5.74, 6) is -0.0325. The topological polar surface area (TPSA) is 61.9 Å². The number of carbonyl (C=O) groups excluding carboxylic acids is 1. The molecule has 3 aromatic rings. The second kappa shape index (κ2) is 5.91. The number of benzene rings is 1. The first kappa shape index (κ1) is 15.1. The fourth-order valence-electron chi connectivity index (χ4n) is 3.35. The first-order valence-electron chi connectivity index (χ1n) is 8.00. The van der Waals surface area contributed by atoms with E-state index in [2.05, 4.69) is 15.2 Å². The molecule has 0 bridgehead atoms. The second-order valence-electron chi connectivity index (χ2n) is 6.14. The van der Waals surface area contributed by atoms with Crippen molar-refractivity contribution in [2.45, 2.75) is 25.8 Å². The van der Waals surface area contributed by atoms with Gasteiger partial charge in [-0.15, -0.1) is 0 Å². The predicted molar refractivity (Wildman–Crippen MR) is 93.1 cm³/mol. The Morgan fingerprint density at radius 1 is 1.33 bits per heavy atom. The molecule has 0 unspecified atom stereocenters. The number of nitrogens with zero attached hydrogens (tertiary/aromatic N) is 3. The molecule has 122 valence electrons. The van der Waals surface area contributed by atoms with Gasteiger partial charge in [-0.2, -0.15) is 5.10 Å². The van der Waals surface area contributed by atoms with Crippen LogP contribution in [-0.2, 0) is 0 Å². The summed E-state index contributed by atoms with van der Waals surface area (Å²) >= 11 is 5.97. The minimum atomic E-state index is -0.0325. The van der Waals surface area contributed by atoms with Crippen LogP contribution in [0.4, 0.5) is 0 Å². The number of aromatic nitrogens is 3. The Morgan fingerprint density at radius 2 is 2.12 bits per heavy atom. The number of hydrogen-bond acceptors (Lipinski definition) is 3. The lowest BCUT2D eigenvalue weighted by molar-refractivity contribution is 0.0730. The van der Waals surface area contributed by atoms with E-state index in [0.29, 0.717) is 10.7 Å². The van der Waals surface area contributed by atoms with Gasteiger partial charge in [-0.1, -0.05) is 23.7 Å². The summed E-state index contributed by atoms with van der Waals surface area (Å²) < 4.78 is 0. The summed E-state index contributed by atoms with van der Waals surface area (Å²) in [6.45, 7) is 2.69. The average molecular weight is 341 g/mol. The third-order valence-electron chi connectivity index (χ3n) is 4.62. The maximum absolute atomic E-state index is 13.0. The van der Waals surface area contributed by atoms with Gasteiger partial charge in [-0.3, -0.25) is 9.89 Å². The van der Waals surface area contributed by atoms with E-state index in [0.717, 1.165) is 41.5 Å². The molecule has 0 radical (unpaired) electrons. The fourth-order valence-corrected chi connectivity index (χ4v) is 3.47. The lowest BCUT2D eigenvalue weighted by Gasteiger charge is -2.25. The number of carbonyl (C=O) groups is 1. The first-order valence-corrected chi connectivity index (χ1v) is 8.38. The van der Waals surface area contributed by atoms with Crippen LogP contribution in [0.3, 0.4) is 0 Å². The average Bonchev–Trinajstić information content (AvgIpc) is 3.22. The number of aryl methyl sites for hydroxylation is 1. The monoisotopic (exact) mass is 340 g/mol. The van der Waals surface area contributed by atoms with Crippen LogP contribution in [0.2, 0.25) is 5.02 Å². The van der Waals surface area contributed by atoms with Gasteiger partial charge in [0.15, 0.2) is 0 Å². The molecule has 24 heavy (non-hydrogen) atoms. The number of amides is 1. The summed E-state index contributed by atoms with van der Waals surface area (Å²) in [7, 11) is 0. The highest BCUT2D eigenvalue weighted by Gasteiger charge is 2.31. The molecule has 4 rings (SSSR count). The minimum Gasteiger partial charge on any atom is -0.330 e. The van der Waals surface area contributed by atoms with Crippen molar-refractivity contribution in [1.29, 1.82) is 0 Å². The minimum absolute atomic E-state index is 0.0325. The highest BCUT2D eigenvalue weighted by Crippen LogP contribution is 2.33. The fraction of sp³-hybridized carbons (Fsp3) is 0.278. The summed E-state index contributed by atoms with van der Waals surface area (Å²) in [4.78, 5) is 19.2. The second-order valence-corrected chi connectivity index (χ2v) is 6.58. The zero-order valence-corrected chi connectivity index (χ0v) is 14.0. The van der Waals surface area contributed by atoms with E-state index in [-0.39, 0.29) is 11.9 Å². The van der Waals surface area contributed by atoms with Crippen molar-refractivity contribution in [1.82, 2.24) is 20.1 Å². The molecule has 1 aliphatic heterocycles. The van der Waals surface area contributed by atoms with Crippen molar-refractivity contribution in [3.63, 3.8) is 0 Å². The number of hydrogen-bond donors (Lipinski definition) is 1. The molecule has 5 nitrogen and oxygen atoms in total. The molecule has 1 aromatic carbocycles. The lowest BCUT2D eigenvalue weighted by Crippen LogP contribution is -2.31. The smallest absolute Gasteiger partial charge is 0.272 e. The number of nitrogens with one attached hydrogen (secondary N) is 1. The van der Waals surface area contributed by atoms with Crippen molar-refractivity contribution in [3.05, 3.63) is 58.5 Å². The Hall–Kier alpha value is -2.40. The van der Waals surface area contributed by atoms with Gasteiger partial charge in [0.1, 0.15) is 11.2 Å². The SMILES string of the molecule is Cc1[nH]nc2cnc(C(=O)N3CCC[C@H]3c3ccc(Cl)cc3)cc12. The molecule has 3 heterocycles. The third kappa shape index (κ3) is 2.55. The summed E-state index contributed by atoms with van der Waals surface area (Å²) in [5, 5.41) is 8.73. The van der Waals surface area contributed by atoms with Crippen LogP contribution in [0.25, 0.3) is 10.9 Å². The molecule has 0 spiro atoms. The van der Waals surface area contributed by atoms with Gasteiger partial charge in [0.05, 0.1) is 12.2 Å². The number of rotatable bonds is 2. The van der Waals surface area contributed by atoms with Crippen molar-refractivity contribution in [2.75, 3.05) is 6.54 Å². The molecule has 0 aliphatic carbocycles. The van der Waals surface area contributed by atoms with E-state index < -0.39 is 0 Å². The van der Waals surface area contributed by atoms with E-state index in [1.807, 2.05) is 42.2 Å². The molecule has 1 aliphatic rings. The normalized spacial score (nSPS) is 17.6. The van der Waals surface area contributed by atoms with Crippen LogP contribution >= 0.6 is 11.6 Å². The van der Waals surface area contributed by atoms with Crippen LogP contribution in [0.5, 0.6) is 0 Å². The number of aromatic amines is 1. The quantitative estimate of drug-likeness (QED) is 0.769. The van der Waals surface area contributed by atoms with Crippen LogP contribution in [0.1, 0.15) is 40.6 Å². The predicted octanol–water partition coefficient (Wildman–Crippen LogP) is 3.90. The van der Waals surface area contributed by atoms with E-state index in [9.17, 15) is 4.79 Å². The zero-order valence-electron chi connectivity index (χ0n) is 13.3. The van der Waals surface area contributed by atoms with Gasteiger partial charge in [-0.05, 0) is 43.5 Å². The summed E-state index contributed by atoms with van der Waals surface area (Å²) in [6.07, 6.45) is 3.60. The molecule has 1 atom stereocenters. The molecule has 1 fully saturated rings. The number of likely N-dealkylation sites (tertiary alicyclic amines) is 1. The van der Waals surface area contributed by atoms with Crippen molar-refractivity contribution < 1.29 is 4.79 Å². The van der Waals surface area contributed by atoms with E-state index in [1.54, 1.807) is 6.20 Å². The Kier molecular flexibility index (Phi) is 3.73. The Morgan fingerprint density at radius 3 is 2.92 bits per heavy atom. The lowest BCUT2D eigenvalue weighted by atomic mass is 10.0. The zero-order chi connectivity index (χ0) is 16.7. The Bertz CT molecular complexity index is 903. The van der Waals surface area contributed by atoms with E-state index in [4.69, 9.17) is 11.6 Å². The van der Waals surface area contributed by atoms with E-state index in [1.165, 1.54) is 0 Å². The van der Waals surface area contributed by atoms with Gasteiger partial charge in [0.25, 0.3) is 5.91 Å². The van der Waals surface area contributed by atoms with Crippen LogP contribution in [0, 0.1) is 6.92 Å². The highest BCUT2D eigenvalue weighted by molar-refractivity contribution is 6.30. The summed E-state index contributed by atoms with van der Waals surface area (Å²) in [6, 6.07) is 9.64. The first-order chi connectivity index (χ1) is 11.6. The van der Waals surface area contributed by atoms with Crippen molar-refractivity contribution in [2.24, 2.45) is 0 Å². The molecule has 1 N–H and O–H groups in total. The molecule has 2 aromatic heterocycles. The maximum atomic E-state index is 13.0. The van der Waals surface area contributed by atoms with Gasteiger partial charge >= 0.3 is 0 Å². The Balaban J connectivity index is 1.66. The van der Waals surface area contributed by atoms with Crippen LogP contribution < -0.4 is 0 Å². The molecule has 1 saturated heterocycles. The standard InChI is InChI=1S/C18H17ClN4O/c1-11-14-9-15(20-10-16(14)22-21-11)18(24)23-8-2-3-17(23)12-4-6-13(19)7-5-12/h4-7,9-10,17H,2-3,8H2,1H3,(H,21,22)/t17-/m0/s1. The van der Waals surface area contributed by atoms with Crippen molar-refractivity contribution >= 4 is 28.4 Å². The maximum Gasteiger partial charge on any atom is 0.272 e. The van der Waals surface area contributed by atoms with Gasteiger partial charge in [0, 0.05) is 22.6 Å². The van der Waals surface area contributed by atoms with Crippen LogP contribution in [0.15, 0.2) is 36.5 Å². The molecule has 1 amide bonds. The van der Waals surface area contributed by atoms with Gasteiger partial charge in [0.2, 0.25) is 0 Å². The number of halogens is 1. The van der Waals surface area contributed by atoms with Gasteiger partial charge in [-0.25, -0.2) is 4.98 Å². The largest absolute Gasteiger partial charge is 0.330 e.